The van der Waals surface area contributed by atoms with E-state index in [1.807, 2.05) is 60.7 Å². The summed E-state index contributed by atoms with van der Waals surface area (Å²) in [4.78, 5) is 15.7. The van der Waals surface area contributed by atoms with Crippen LogP contribution in [0.25, 0.3) is 0 Å². The SMILES string of the molecule is O=[N+]([O-])c1cccc(C2=NOC([c-]3cccc3)C2)c1.[Fe+2].c1cc[cH-]c1. The Morgan fingerprint density at radius 2 is 1.88 bits per heavy atom. The van der Waals surface area contributed by atoms with Gasteiger partial charge in [-0.05, 0) is 0 Å². The van der Waals surface area contributed by atoms with Gasteiger partial charge in [-0.25, -0.2) is 24.3 Å². The molecular weight excluding hydrogens is 360 g/mol. The Balaban J connectivity index is 0.000000325. The predicted octanol–water partition coefficient (Wildman–Crippen LogP) is 4.58. The monoisotopic (exact) mass is 376 g/mol. The maximum absolute atomic E-state index is 10.8. The number of hydrogen-bond donors (Lipinski definition) is 0. The fourth-order valence-electron chi connectivity index (χ4n) is 2.45. The topological polar surface area (TPSA) is 64.7 Å². The average Bonchev–Trinajstić information content (AvgIpc) is 3.38. The van der Waals surface area contributed by atoms with Crippen molar-refractivity contribution in [1.82, 2.24) is 0 Å². The zero-order valence-corrected chi connectivity index (χ0v) is 14.4. The van der Waals surface area contributed by atoms with Crippen molar-refractivity contribution in [2.75, 3.05) is 0 Å². The van der Waals surface area contributed by atoms with Crippen LogP contribution in [-0.2, 0) is 21.9 Å². The van der Waals surface area contributed by atoms with Crippen LogP contribution in [0.2, 0.25) is 0 Å². The molecule has 0 aromatic heterocycles. The normalized spacial score (nSPS) is 15.2. The van der Waals surface area contributed by atoms with Crippen LogP contribution in [-0.4, -0.2) is 10.6 Å². The van der Waals surface area contributed by atoms with E-state index in [0.29, 0.717) is 6.42 Å². The number of nitro groups is 1. The summed E-state index contributed by atoms with van der Waals surface area (Å²) < 4.78 is 0. The van der Waals surface area contributed by atoms with E-state index in [1.54, 1.807) is 6.07 Å². The van der Waals surface area contributed by atoms with Gasteiger partial charge < -0.3 is 4.84 Å². The first kappa shape index (κ1) is 18.6. The summed E-state index contributed by atoms with van der Waals surface area (Å²) in [6, 6.07) is 24.3. The Hall–Kier alpha value is -2.69. The van der Waals surface area contributed by atoms with Crippen LogP contribution in [0.15, 0.2) is 84.0 Å². The van der Waals surface area contributed by atoms with Crippen LogP contribution in [0, 0.1) is 10.1 Å². The summed E-state index contributed by atoms with van der Waals surface area (Å²) in [5.41, 5.74) is 2.62. The molecule has 0 spiro atoms. The number of nitrogens with zero attached hydrogens (tertiary/aromatic N) is 2. The molecule has 0 amide bonds. The third-order valence-corrected chi connectivity index (χ3v) is 3.67. The van der Waals surface area contributed by atoms with Gasteiger partial charge in [0.2, 0.25) is 0 Å². The van der Waals surface area contributed by atoms with E-state index in [0.717, 1.165) is 16.8 Å². The molecule has 1 aliphatic rings. The third kappa shape index (κ3) is 4.89. The van der Waals surface area contributed by atoms with E-state index in [2.05, 4.69) is 5.16 Å². The zero-order chi connectivity index (χ0) is 16.8. The van der Waals surface area contributed by atoms with Gasteiger partial charge in [-0.3, -0.25) is 10.1 Å². The summed E-state index contributed by atoms with van der Waals surface area (Å²) in [6.45, 7) is 0. The molecule has 1 atom stereocenters. The van der Waals surface area contributed by atoms with Gasteiger partial charge >= 0.3 is 17.1 Å². The summed E-state index contributed by atoms with van der Waals surface area (Å²) >= 11 is 0. The fourth-order valence-corrected chi connectivity index (χ4v) is 2.45. The standard InChI is InChI=1S/C14H11N2O3.C5H5.Fe/c17-16(18)12-7-3-6-11(8-12)13-9-14(19-15-13)10-4-1-2-5-10;1-2-4-5-3-1;/h1-8,14H,9H2;1-5H;/q2*-1;+2. The zero-order valence-electron chi connectivity index (χ0n) is 13.3. The Morgan fingerprint density at radius 1 is 1.16 bits per heavy atom. The quantitative estimate of drug-likeness (QED) is 0.291. The van der Waals surface area contributed by atoms with Gasteiger partial charge in [0, 0.05) is 24.1 Å². The fraction of sp³-hybridized carbons (Fsp3) is 0.105. The Kier molecular flexibility index (Phi) is 6.69. The van der Waals surface area contributed by atoms with Gasteiger partial charge in [-0.2, -0.15) is 30.3 Å². The summed E-state index contributed by atoms with van der Waals surface area (Å²) in [5, 5.41) is 14.8. The van der Waals surface area contributed by atoms with Gasteiger partial charge in [0.25, 0.3) is 5.69 Å². The molecule has 3 aromatic rings. The molecule has 4 rings (SSSR count). The first-order chi connectivity index (χ1) is 11.7. The molecule has 1 unspecified atom stereocenters. The summed E-state index contributed by atoms with van der Waals surface area (Å²) in [6.07, 6.45) is 0.537. The largest absolute Gasteiger partial charge is 2.00 e. The molecule has 0 saturated carbocycles. The van der Waals surface area contributed by atoms with Crippen LogP contribution < -0.4 is 0 Å². The van der Waals surface area contributed by atoms with Crippen LogP contribution in [0.1, 0.15) is 23.7 Å². The maximum Gasteiger partial charge on any atom is 2.00 e. The van der Waals surface area contributed by atoms with E-state index in [4.69, 9.17) is 4.84 Å². The Bertz CT molecular complexity index is 794. The first-order valence-electron chi connectivity index (χ1n) is 7.60. The second kappa shape index (κ2) is 8.97. The second-order valence-electron chi connectivity index (χ2n) is 5.32. The molecule has 6 heteroatoms. The predicted molar refractivity (Wildman–Crippen MR) is 92.1 cm³/mol. The van der Waals surface area contributed by atoms with E-state index >= 15 is 0 Å². The third-order valence-electron chi connectivity index (χ3n) is 3.67. The molecule has 5 nitrogen and oxygen atoms in total. The molecular formula is C19H16FeN2O3. The summed E-state index contributed by atoms with van der Waals surface area (Å²) in [5.74, 6) is 0. The van der Waals surface area contributed by atoms with Crippen LogP contribution in [0.5, 0.6) is 0 Å². The van der Waals surface area contributed by atoms with Crippen molar-refractivity contribution in [3.63, 3.8) is 0 Å². The van der Waals surface area contributed by atoms with Crippen molar-refractivity contribution >= 4 is 11.4 Å². The Morgan fingerprint density at radius 3 is 2.48 bits per heavy atom. The van der Waals surface area contributed by atoms with Crippen molar-refractivity contribution in [2.24, 2.45) is 5.16 Å². The average molecular weight is 376 g/mol. The van der Waals surface area contributed by atoms with Gasteiger partial charge in [-0.1, -0.05) is 17.3 Å². The molecule has 0 saturated heterocycles. The van der Waals surface area contributed by atoms with Gasteiger partial charge in [-0.15, -0.1) is 5.56 Å². The van der Waals surface area contributed by atoms with Crippen molar-refractivity contribution in [1.29, 1.82) is 0 Å². The number of hydrogen-bond acceptors (Lipinski definition) is 4. The minimum absolute atomic E-state index is 0. The van der Waals surface area contributed by atoms with E-state index < -0.39 is 4.92 Å². The smallest absolute Gasteiger partial charge is 0.400 e. The molecule has 1 aliphatic heterocycles. The second-order valence-corrected chi connectivity index (χ2v) is 5.32. The van der Waals surface area contributed by atoms with E-state index in [1.165, 1.54) is 12.1 Å². The van der Waals surface area contributed by atoms with Crippen LogP contribution in [0.3, 0.4) is 0 Å². The van der Waals surface area contributed by atoms with Gasteiger partial charge in [0.05, 0.1) is 10.6 Å². The molecule has 0 N–H and O–H groups in total. The molecule has 0 fully saturated rings. The molecule has 0 radical (unpaired) electrons. The molecule has 0 bridgehead atoms. The molecule has 128 valence electrons. The minimum Gasteiger partial charge on any atom is -0.400 e. The van der Waals surface area contributed by atoms with E-state index in [-0.39, 0.29) is 28.9 Å². The number of benzene rings is 1. The number of nitro benzene ring substituents is 1. The molecule has 0 aliphatic carbocycles. The number of rotatable bonds is 3. The molecule has 25 heavy (non-hydrogen) atoms. The van der Waals surface area contributed by atoms with Crippen molar-refractivity contribution < 1.29 is 26.8 Å². The number of oxime groups is 1. The molecule has 1 heterocycles. The summed E-state index contributed by atoms with van der Waals surface area (Å²) in [7, 11) is 0. The minimum atomic E-state index is -0.408. The van der Waals surface area contributed by atoms with E-state index in [9.17, 15) is 10.1 Å². The Labute approximate surface area is 156 Å². The molecule has 3 aromatic carbocycles. The van der Waals surface area contributed by atoms with Gasteiger partial charge in [0.1, 0.15) is 6.10 Å². The maximum atomic E-state index is 10.8. The van der Waals surface area contributed by atoms with Crippen molar-refractivity contribution in [2.45, 2.75) is 12.5 Å². The first-order valence-corrected chi connectivity index (χ1v) is 7.60. The van der Waals surface area contributed by atoms with Crippen molar-refractivity contribution in [3.05, 3.63) is 100 Å². The van der Waals surface area contributed by atoms with Crippen LogP contribution >= 0.6 is 0 Å². The van der Waals surface area contributed by atoms with Gasteiger partial charge in [0.15, 0.2) is 0 Å². The van der Waals surface area contributed by atoms with Crippen molar-refractivity contribution in [3.8, 4) is 0 Å². The number of non-ortho nitro benzene ring substituents is 1. The van der Waals surface area contributed by atoms with Crippen LogP contribution in [0.4, 0.5) is 5.69 Å².